The predicted octanol–water partition coefficient (Wildman–Crippen LogP) is 2.51. The molecule has 0 unspecified atom stereocenters. The number of hydrogen-bond donors (Lipinski definition) is 0. The number of tetrazole rings is 1. The van der Waals surface area contributed by atoms with Crippen molar-refractivity contribution in [2.75, 3.05) is 7.11 Å². The number of ether oxygens (including phenoxy) is 1. The number of hydrogen-bond acceptors (Lipinski definition) is 8. The van der Waals surface area contributed by atoms with Gasteiger partial charge in [0.05, 0.1) is 12.0 Å². The zero-order valence-corrected chi connectivity index (χ0v) is 13.5. The molecule has 0 spiro atoms. The van der Waals surface area contributed by atoms with E-state index in [0.29, 0.717) is 17.5 Å². The summed E-state index contributed by atoms with van der Waals surface area (Å²) in [6, 6.07) is 11.4. The van der Waals surface area contributed by atoms with Crippen LogP contribution in [0.25, 0.3) is 22.1 Å². The fraction of sp³-hybridized carbons (Fsp3) is 0.133. The minimum Gasteiger partial charge on any atom is -0.497 e. The van der Waals surface area contributed by atoms with Gasteiger partial charge < -0.3 is 9.26 Å². The number of benzene rings is 1. The van der Waals surface area contributed by atoms with E-state index in [9.17, 15) is 0 Å². The van der Waals surface area contributed by atoms with Gasteiger partial charge in [-0.1, -0.05) is 23.4 Å². The molecule has 3 heterocycles. The van der Waals surface area contributed by atoms with E-state index in [1.165, 1.54) is 4.80 Å². The molecule has 0 atom stereocenters. The van der Waals surface area contributed by atoms with Crippen molar-refractivity contribution in [1.29, 1.82) is 0 Å². The lowest BCUT2D eigenvalue weighted by atomic mass is 10.2. The van der Waals surface area contributed by atoms with Crippen molar-refractivity contribution >= 4 is 11.3 Å². The highest BCUT2D eigenvalue weighted by Crippen LogP contribution is 2.22. The number of nitrogens with zero attached hydrogens (tertiary/aromatic N) is 6. The molecular formula is C15H12N6O2S. The van der Waals surface area contributed by atoms with Gasteiger partial charge in [-0.2, -0.15) is 9.78 Å². The van der Waals surface area contributed by atoms with Crippen LogP contribution < -0.4 is 4.74 Å². The highest BCUT2D eigenvalue weighted by Gasteiger charge is 2.12. The van der Waals surface area contributed by atoms with E-state index in [1.54, 1.807) is 18.4 Å². The van der Waals surface area contributed by atoms with Gasteiger partial charge in [0.25, 0.3) is 5.89 Å². The number of aromatic nitrogens is 6. The Hall–Kier alpha value is -3.07. The van der Waals surface area contributed by atoms with Crippen LogP contribution in [0.3, 0.4) is 0 Å². The van der Waals surface area contributed by atoms with Crippen LogP contribution in [-0.4, -0.2) is 37.5 Å². The first-order valence-corrected chi connectivity index (χ1v) is 7.98. The van der Waals surface area contributed by atoms with Gasteiger partial charge in [-0.05, 0) is 28.8 Å². The summed E-state index contributed by atoms with van der Waals surface area (Å²) in [5.41, 5.74) is 0.824. The van der Waals surface area contributed by atoms with Crippen molar-refractivity contribution in [3.63, 3.8) is 0 Å². The first kappa shape index (κ1) is 14.5. The highest BCUT2D eigenvalue weighted by molar-refractivity contribution is 7.13. The standard InChI is InChI=1S/C15H12N6O2S/c1-22-11-5-2-4-10(8-11)14-17-20-21(18-14)9-13-16-15(19-23-13)12-6-3-7-24-12/h2-8H,9H2,1H3. The molecule has 4 aromatic rings. The normalized spacial score (nSPS) is 10.9. The fourth-order valence-electron chi connectivity index (χ4n) is 2.13. The summed E-state index contributed by atoms with van der Waals surface area (Å²) in [5, 5.41) is 18.3. The van der Waals surface area contributed by atoms with Crippen molar-refractivity contribution in [2.45, 2.75) is 6.54 Å². The minimum atomic E-state index is 0.259. The maximum Gasteiger partial charge on any atom is 0.250 e. The van der Waals surface area contributed by atoms with Gasteiger partial charge in [0, 0.05) is 5.56 Å². The molecule has 0 aliphatic carbocycles. The third-order valence-corrected chi connectivity index (χ3v) is 4.13. The van der Waals surface area contributed by atoms with E-state index in [-0.39, 0.29) is 6.54 Å². The maximum absolute atomic E-state index is 5.24. The Balaban J connectivity index is 1.53. The largest absolute Gasteiger partial charge is 0.497 e. The molecule has 0 fully saturated rings. The number of rotatable bonds is 5. The van der Waals surface area contributed by atoms with E-state index < -0.39 is 0 Å². The minimum absolute atomic E-state index is 0.259. The second-order valence-corrected chi connectivity index (χ2v) is 5.81. The molecule has 0 aliphatic rings. The Labute approximate surface area is 140 Å². The van der Waals surface area contributed by atoms with Crippen LogP contribution in [0.5, 0.6) is 5.75 Å². The molecule has 0 bridgehead atoms. The molecule has 3 aromatic heterocycles. The zero-order chi connectivity index (χ0) is 16.4. The van der Waals surface area contributed by atoms with E-state index in [0.717, 1.165) is 16.2 Å². The molecule has 8 nitrogen and oxygen atoms in total. The van der Waals surface area contributed by atoms with E-state index in [2.05, 4.69) is 25.6 Å². The quantitative estimate of drug-likeness (QED) is 0.551. The average Bonchev–Trinajstić information content (AvgIpc) is 3.36. The summed E-state index contributed by atoms with van der Waals surface area (Å²) in [6.45, 7) is 0.259. The van der Waals surface area contributed by atoms with Crippen molar-refractivity contribution in [2.24, 2.45) is 0 Å². The lowest BCUT2D eigenvalue weighted by Gasteiger charge is -1.99. The highest BCUT2D eigenvalue weighted by atomic mass is 32.1. The van der Waals surface area contributed by atoms with Gasteiger partial charge in [0.15, 0.2) is 0 Å². The molecule has 0 amide bonds. The van der Waals surface area contributed by atoms with Crippen LogP contribution >= 0.6 is 11.3 Å². The summed E-state index contributed by atoms with van der Waals surface area (Å²) in [5.74, 6) is 2.23. The maximum atomic E-state index is 5.24. The Bertz CT molecular complexity index is 946. The smallest absolute Gasteiger partial charge is 0.250 e. The summed E-state index contributed by atoms with van der Waals surface area (Å²) >= 11 is 1.55. The topological polar surface area (TPSA) is 91.8 Å². The van der Waals surface area contributed by atoms with Crippen molar-refractivity contribution in [1.82, 2.24) is 30.3 Å². The molecule has 0 N–H and O–H groups in total. The lowest BCUT2D eigenvalue weighted by Crippen LogP contribution is -2.04. The summed E-state index contributed by atoms with van der Waals surface area (Å²) in [7, 11) is 1.62. The third-order valence-electron chi connectivity index (χ3n) is 3.27. The van der Waals surface area contributed by atoms with Crippen molar-refractivity contribution in [3.05, 3.63) is 47.7 Å². The zero-order valence-electron chi connectivity index (χ0n) is 12.7. The first-order valence-electron chi connectivity index (χ1n) is 7.10. The van der Waals surface area contributed by atoms with Crippen molar-refractivity contribution < 1.29 is 9.26 Å². The summed E-state index contributed by atoms with van der Waals surface area (Å²) < 4.78 is 10.4. The number of methoxy groups -OCH3 is 1. The van der Waals surface area contributed by atoms with Crippen LogP contribution in [0.4, 0.5) is 0 Å². The van der Waals surface area contributed by atoms with Crippen LogP contribution in [-0.2, 0) is 6.54 Å². The Morgan fingerprint density at radius 1 is 1.21 bits per heavy atom. The summed E-state index contributed by atoms with van der Waals surface area (Å²) in [4.78, 5) is 6.71. The summed E-state index contributed by atoms with van der Waals surface area (Å²) in [6.07, 6.45) is 0. The molecule has 0 saturated carbocycles. The van der Waals surface area contributed by atoms with Gasteiger partial charge in [-0.3, -0.25) is 0 Å². The molecule has 1 aromatic carbocycles. The van der Waals surface area contributed by atoms with Crippen molar-refractivity contribution in [3.8, 4) is 27.8 Å². The molecular weight excluding hydrogens is 328 g/mol. The molecule has 4 rings (SSSR count). The van der Waals surface area contributed by atoms with Gasteiger partial charge in [-0.25, -0.2) is 0 Å². The molecule has 120 valence electrons. The SMILES string of the molecule is COc1cccc(-c2nnn(Cc3nc(-c4cccs4)no3)n2)c1. The van der Waals surface area contributed by atoms with Gasteiger partial charge in [0.2, 0.25) is 11.6 Å². The monoisotopic (exact) mass is 340 g/mol. The lowest BCUT2D eigenvalue weighted by molar-refractivity contribution is 0.356. The van der Waals surface area contributed by atoms with Crippen LogP contribution in [0, 0.1) is 0 Å². The number of thiophene rings is 1. The third kappa shape index (κ3) is 2.88. The van der Waals surface area contributed by atoms with E-state index in [1.807, 2.05) is 41.8 Å². The average molecular weight is 340 g/mol. The van der Waals surface area contributed by atoms with Crippen LogP contribution in [0.2, 0.25) is 0 Å². The molecule has 9 heteroatoms. The second kappa shape index (κ2) is 6.20. The Morgan fingerprint density at radius 2 is 2.17 bits per heavy atom. The van der Waals surface area contributed by atoms with Gasteiger partial charge in [-0.15, -0.1) is 21.5 Å². The van der Waals surface area contributed by atoms with Crippen LogP contribution in [0.1, 0.15) is 5.89 Å². The van der Waals surface area contributed by atoms with Gasteiger partial charge >= 0.3 is 0 Å². The first-order chi connectivity index (χ1) is 11.8. The van der Waals surface area contributed by atoms with Gasteiger partial charge in [0.1, 0.15) is 12.3 Å². The second-order valence-electron chi connectivity index (χ2n) is 4.86. The molecule has 0 aliphatic heterocycles. The Kier molecular flexibility index (Phi) is 3.75. The van der Waals surface area contributed by atoms with Crippen LogP contribution in [0.15, 0.2) is 46.3 Å². The molecule has 0 saturated heterocycles. The molecule has 24 heavy (non-hydrogen) atoms. The predicted molar refractivity (Wildman–Crippen MR) is 86.5 cm³/mol. The van der Waals surface area contributed by atoms with E-state index in [4.69, 9.17) is 9.26 Å². The van der Waals surface area contributed by atoms with E-state index >= 15 is 0 Å². The fourth-order valence-corrected chi connectivity index (χ4v) is 2.78. The Morgan fingerprint density at radius 3 is 3.00 bits per heavy atom. The molecule has 0 radical (unpaired) electrons.